The minimum atomic E-state index is -0.229. The van der Waals surface area contributed by atoms with E-state index in [1.54, 1.807) is 0 Å². The van der Waals surface area contributed by atoms with Crippen molar-refractivity contribution < 1.29 is 5.11 Å². The van der Waals surface area contributed by atoms with Gasteiger partial charge < -0.3 is 15.3 Å². The third kappa shape index (κ3) is 3.96. The van der Waals surface area contributed by atoms with E-state index in [9.17, 15) is 5.11 Å². The van der Waals surface area contributed by atoms with Crippen LogP contribution in [-0.2, 0) is 6.42 Å². The quantitative estimate of drug-likeness (QED) is 0.812. The molecule has 1 saturated heterocycles. The van der Waals surface area contributed by atoms with Crippen molar-refractivity contribution in [2.24, 2.45) is 0 Å². The molecule has 0 spiro atoms. The molecule has 1 atom stereocenters. The number of benzene rings is 1. The second kappa shape index (κ2) is 6.71. The van der Waals surface area contributed by atoms with E-state index in [4.69, 9.17) is 12.2 Å². The summed E-state index contributed by atoms with van der Waals surface area (Å²) in [6, 6.07) is 10.4. The molecule has 1 aromatic carbocycles. The fourth-order valence-electron chi connectivity index (χ4n) is 2.21. The summed E-state index contributed by atoms with van der Waals surface area (Å²) in [6.07, 6.45) is 2.65. The van der Waals surface area contributed by atoms with Gasteiger partial charge in [-0.2, -0.15) is 0 Å². The Hall–Kier alpha value is -1.13. The van der Waals surface area contributed by atoms with Gasteiger partial charge in [0.25, 0.3) is 0 Å². The molecule has 0 unspecified atom stereocenters. The summed E-state index contributed by atoms with van der Waals surface area (Å²) in [4.78, 5) is 2.06. The van der Waals surface area contributed by atoms with Crippen LogP contribution < -0.4 is 5.32 Å². The van der Waals surface area contributed by atoms with Crippen molar-refractivity contribution in [1.82, 2.24) is 10.2 Å². The highest BCUT2D eigenvalue weighted by Crippen LogP contribution is 2.09. The van der Waals surface area contributed by atoms with Gasteiger partial charge in [-0.1, -0.05) is 30.3 Å². The number of thiocarbonyl (C=S) groups is 1. The second-order valence-corrected chi connectivity index (χ2v) is 5.10. The van der Waals surface area contributed by atoms with E-state index in [0.29, 0.717) is 6.54 Å². The van der Waals surface area contributed by atoms with Crippen molar-refractivity contribution in [3.63, 3.8) is 0 Å². The standard InChI is InChI=1S/C14H20N2OS/c17-13-7-4-10-16(11-13)14(18)15-9-8-12-5-2-1-3-6-12/h1-3,5-6,13,17H,4,7-11H2,(H,15,18)/t13-/m1/s1. The number of likely N-dealkylation sites (tertiary alicyclic amines) is 1. The van der Waals surface area contributed by atoms with Crippen molar-refractivity contribution in [2.75, 3.05) is 19.6 Å². The third-order valence-electron chi connectivity index (χ3n) is 3.22. The van der Waals surface area contributed by atoms with E-state index in [2.05, 4.69) is 34.5 Å². The lowest BCUT2D eigenvalue weighted by Crippen LogP contribution is -2.47. The molecule has 98 valence electrons. The highest BCUT2D eigenvalue weighted by Gasteiger charge is 2.19. The van der Waals surface area contributed by atoms with E-state index in [0.717, 1.165) is 37.5 Å². The molecule has 2 N–H and O–H groups in total. The first-order chi connectivity index (χ1) is 8.75. The van der Waals surface area contributed by atoms with Gasteiger partial charge in [-0.15, -0.1) is 0 Å². The lowest BCUT2D eigenvalue weighted by molar-refractivity contribution is 0.103. The van der Waals surface area contributed by atoms with Gasteiger partial charge in [0.2, 0.25) is 0 Å². The summed E-state index contributed by atoms with van der Waals surface area (Å²) in [6.45, 7) is 2.46. The molecule has 0 aliphatic carbocycles. The first-order valence-corrected chi connectivity index (χ1v) is 6.91. The first kappa shape index (κ1) is 13.3. The monoisotopic (exact) mass is 264 g/mol. The highest BCUT2D eigenvalue weighted by molar-refractivity contribution is 7.80. The molecule has 0 radical (unpaired) electrons. The van der Waals surface area contributed by atoms with Crippen molar-refractivity contribution in [2.45, 2.75) is 25.4 Å². The molecule has 3 nitrogen and oxygen atoms in total. The Labute approximate surface area is 114 Å². The number of piperidine rings is 1. The van der Waals surface area contributed by atoms with Crippen molar-refractivity contribution in [3.05, 3.63) is 35.9 Å². The molecule has 1 fully saturated rings. The smallest absolute Gasteiger partial charge is 0.169 e. The SMILES string of the molecule is O[C@@H]1CCCN(C(=S)NCCc2ccccc2)C1. The Morgan fingerprint density at radius 1 is 1.39 bits per heavy atom. The first-order valence-electron chi connectivity index (χ1n) is 6.50. The molecule has 0 saturated carbocycles. The summed E-state index contributed by atoms with van der Waals surface area (Å²) in [7, 11) is 0. The number of hydrogen-bond acceptors (Lipinski definition) is 2. The molecule has 1 aliphatic heterocycles. The summed E-state index contributed by atoms with van der Waals surface area (Å²) in [5.41, 5.74) is 1.31. The van der Waals surface area contributed by atoms with Gasteiger partial charge in [0.15, 0.2) is 5.11 Å². The highest BCUT2D eigenvalue weighted by atomic mass is 32.1. The van der Waals surface area contributed by atoms with Crippen LogP contribution in [0.3, 0.4) is 0 Å². The molecule has 0 aromatic heterocycles. The van der Waals surface area contributed by atoms with Crippen LogP contribution in [0.25, 0.3) is 0 Å². The minimum Gasteiger partial charge on any atom is -0.391 e. The van der Waals surface area contributed by atoms with Gasteiger partial charge in [-0.05, 0) is 37.0 Å². The zero-order valence-corrected chi connectivity index (χ0v) is 11.3. The third-order valence-corrected chi connectivity index (χ3v) is 3.62. The minimum absolute atomic E-state index is 0.229. The van der Waals surface area contributed by atoms with Crippen LogP contribution in [0.4, 0.5) is 0 Å². The van der Waals surface area contributed by atoms with Gasteiger partial charge in [0.05, 0.1) is 6.10 Å². The van der Waals surface area contributed by atoms with Crippen LogP contribution in [0, 0.1) is 0 Å². The van der Waals surface area contributed by atoms with Crippen LogP contribution in [0.2, 0.25) is 0 Å². The molecule has 0 bridgehead atoms. The number of nitrogens with one attached hydrogen (secondary N) is 1. The maximum absolute atomic E-state index is 9.60. The van der Waals surface area contributed by atoms with E-state index in [-0.39, 0.29) is 6.10 Å². The fourth-order valence-corrected chi connectivity index (χ4v) is 2.48. The summed E-state index contributed by atoms with van der Waals surface area (Å²) >= 11 is 5.35. The average Bonchev–Trinajstić information content (AvgIpc) is 2.40. The van der Waals surface area contributed by atoms with E-state index >= 15 is 0 Å². The number of hydrogen-bond donors (Lipinski definition) is 2. The zero-order valence-electron chi connectivity index (χ0n) is 10.5. The van der Waals surface area contributed by atoms with E-state index in [1.807, 2.05) is 6.07 Å². The van der Waals surface area contributed by atoms with Crippen LogP contribution in [0.1, 0.15) is 18.4 Å². The normalized spacial score (nSPS) is 19.6. The molecule has 1 heterocycles. The average molecular weight is 264 g/mol. The Kier molecular flexibility index (Phi) is 4.96. The predicted octanol–water partition coefficient (Wildman–Crippen LogP) is 1.56. The van der Waals surface area contributed by atoms with Crippen LogP contribution in [-0.4, -0.2) is 40.9 Å². The lowest BCUT2D eigenvalue weighted by atomic mass is 10.1. The molecule has 1 aromatic rings. The Morgan fingerprint density at radius 3 is 2.89 bits per heavy atom. The Bertz CT molecular complexity index is 383. The maximum atomic E-state index is 9.60. The summed E-state index contributed by atoms with van der Waals surface area (Å²) < 4.78 is 0. The number of rotatable bonds is 3. The zero-order chi connectivity index (χ0) is 12.8. The molecular weight excluding hydrogens is 244 g/mol. The Balaban J connectivity index is 1.71. The Morgan fingerprint density at radius 2 is 2.17 bits per heavy atom. The molecule has 2 rings (SSSR count). The van der Waals surface area contributed by atoms with Crippen LogP contribution in [0.5, 0.6) is 0 Å². The van der Waals surface area contributed by atoms with Gasteiger partial charge in [0.1, 0.15) is 0 Å². The number of β-amino-alcohol motifs (C(OH)–C–C–N with tert-alkyl or cyclic N) is 1. The van der Waals surface area contributed by atoms with Gasteiger partial charge >= 0.3 is 0 Å². The molecule has 0 amide bonds. The predicted molar refractivity (Wildman–Crippen MR) is 77.6 cm³/mol. The topological polar surface area (TPSA) is 35.5 Å². The second-order valence-electron chi connectivity index (χ2n) is 4.71. The summed E-state index contributed by atoms with van der Waals surface area (Å²) in [5, 5.41) is 13.6. The molecular formula is C14H20N2OS. The molecule has 18 heavy (non-hydrogen) atoms. The molecule has 1 aliphatic rings. The van der Waals surface area contributed by atoms with Gasteiger partial charge in [-0.25, -0.2) is 0 Å². The van der Waals surface area contributed by atoms with Crippen molar-refractivity contribution in [3.8, 4) is 0 Å². The van der Waals surface area contributed by atoms with Gasteiger partial charge in [-0.3, -0.25) is 0 Å². The van der Waals surface area contributed by atoms with Crippen LogP contribution in [0.15, 0.2) is 30.3 Å². The largest absolute Gasteiger partial charge is 0.391 e. The fraction of sp³-hybridized carbons (Fsp3) is 0.500. The van der Waals surface area contributed by atoms with Crippen molar-refractivity contribution in [1.29, 1.82) is 0 Å². The van der Waals surface area contributed by atoms with Crippen LogP contribution >= 0.6 is 12.2 Å². The number of aliphatic hydroxyl groups is 1. The number of aliphatic hydroxyl groups excluding tert-OH is 1. The maximum Gasteiger partial charge on any atom is 0.169 e. The van der Waals surface area contributed by atoms with Gasteiger partial charge in [0, 0.05) is 19.6 Å². The van der Waals surface area contributed by atoms with Crippen molar-refractivity contribution >= 4 is 17.3 Å². The number of nitrogens with zero attached hydrogens (tertiary/aromatic N) is 1. The van der Waals surface area contributed by atoms with E-state index < -0.39 is 0 Å². The van der Waals surface area contributed by atoms with E-state index in [1.165, 1.54) is 5.56 Å². The lowest BCUT2D eigenvalue weighted by Gasteiger charge is -2.32. The summed E-state index contributed by atoms with van der Waals surface area (Å²) in [5.74, 6) is 0. The molecule has 4 heteroatoms.